The first-order chi connectivity index (χ1) is 10.6. The molecule has 0 aromatic heterocycles. The van der Waals surface area contributed by atoms with Crippen molar-refractivity contribution in [3.63, 3.8) is 0 Å². The van der Waals surface area contributed by atoms with Gasteiger partial charge in [-0.3, -0.25) is 4.99 Å². The monoisotopic (exact) mass is 346 g/mol. The van der Waals surface area contributed by atoms with Gasteiger partial charge in [-0.25, -0.2) is 4.79 Å². The highest BCUT2D eigenvalue weighted by Gasteiger charge is 2.16. The van der Waals surface area contributed by atoms with Gasteiger partial charge >= 0.3 is 6.09 Å². The Morgan fingerprint density at radius 2 is 1.70 bits per heavy atom. The van der Waals surface area contributed by atoms with E-state index in [4.69, 9.17) is 4.74 Å². The number of guanidine groups is 1. The number of hydrogen-bond donors (Lipinski definition) is 3. The number of hydrogen-bond acceptors (Lipinski definition) is 4. The maximum atomic E-state index is 11.5. The number of ether oxygens (including phenoxy) is 1. The molecule has 0 bridgehead atoms. The van der Waals surface area contributed by atoms with Crippen LogP contribution in [-0.4, -0.2) is 54.8 Å². The predicted molar refractivity (Wildman–Crippen MR) is 100 cm³/mol. The lowest BCUT2D eigenvalue weighted by Crippen LogP contribution is -2.40. The number of rotatable bonds is 8. The van der Waals surface area contributed by atoms with E-state index in [1.807, 2.05) is 27.7 Å². The van der Waals surface area contributed by atoms with Crippen LogP contribution in [0.1, 0.15) is 48.0 Å². The SMILES string of the molecule is CCNC(=NCC(C)(C)SC)NCCCNC(=O)OC(C)(C)C. The van der Waals surface area contributed by atoms with E-state index in [9.17, 15) is 4.79 Å². The van der Waals surface area contributed by atoms with Gasteiger partial charge in [0.25, 0.3) is 0 Å². The number of carbonyl (C=O) groups excluding carboxylic acids is 1. The second-order valence-corrected chi connectivity index (χ2v) is 8.38. The Balaban J connectivity index is 4.06. The number of alkyl carbamates (subject to hydrolysis) is 1. The predicted octanol–water partition coefficient (Wildman–Crippen LogP) is 2.60. The summed E-state index contributed by atoms with van der Waals surface area (Å²) >= 11 is 1.80. The molecular formula is C16H34N4O2S. The Labute approximate surface area is 145 Å². The summed E-state index contributed by atoms with van der Waals surface area (Å²) < 4.78 is 5.31. The second kappa shape index (κ2) is 10.6. The van der Waals surface area contributed by atoms with Crippen molar-refractivity contribution < 1.29 is 9.53 Å². The van der Waals surface area contributed by atoms with Crippen LogP contribution in [0.25, 0.3) is 0 Å². The Morgan fingerprint density at radius 1 is 1.09 bits per heavy atom. The second-order valence-electron chi connectivity index (χ2n) is 6.87. The molecule has 0 saturated carbocycles. The van der Waals surface area contributed by atoms with E-state index in [-0.39, 0.29) is 10.8 Å². The Morgan fingerprint density at radius 3 is 2.22 bits per heavy atom. The van der Waals surface area contributed by atoms with Crippen molar-refractivity contribution in [3.05, 3.63) is 0 Å². The number of amides is 1. The summed E-state index contributed by atoms with van der Waals surface area (Å²) in [5.41, 5.74) is -0.461. The van der Waals surface area contributed by atoms with Crippen molar-refractivity contribution in [3.8, 4) is 0 Å². The summed E-state index contributed by atoms with van der Waals surface area (Å²) in [4.78, 5) is 16.1. The Kier molecular flexibility index (Phi) is 10.1. The summed E-state index contributed by atoms with van der Waals surface area (Å²) in [6.07, 6.45) is 2.52. The van der Waals surface area contributed by atoms with Crippen molar-refractivity contribution in [1.82, 2.24) is 16.0 Å². The summed E-state index contributed by atoms with van der Waals surface area (Å²) in [7, 11) is 0. The number of thioether (sulfide) groups is 1. The molecular weight excluding hydrogens is 312 g/mol. The van der Waals surface area contributed by atoms with Crippen LogP contribution in [0.4, 0.5) is 4.79 Å². The van der Waals surface area contributed by atoms with Gasteiger partial charge in [-0.15, -0.1) is 0 Å². The van der Waals surface area contributed by atoms with Gasteiger partial charge in [0, 0.05) is 24.4 Å². The van der Waals surface area contributed by atoms with Crippen LogP contribution in [0.3, 0.4) is 0 Å². The summed E-state index contributed by atoms with van der Waals surface area (Å²) in [6.45, 7) is 14.8. The van der Waals surface area contributed by atoms with Gasteiger partial charge < -0.3 is 20.7 Å². The highest BCUT2D eigenvalue weighted by molar-refractivity contribution is 7.99. The van der Waals surface area contributed by atoms with Gasteiger partial charge in [0.1, 0.15) is 5.60 Å². The largest absolute Gasteiger partial charge is 0.444 e. The van der Waals surface area contributed by atoms with Crippen LogP contribution >= 0.6 is 11.8 Å². The molecule has 0 unspecified atom stereocenters. The molecule has 0 rings (SSSR count). The fraction of sp³-hybridized carbons (Fsp3) is 0.875. The zero-order valence-electron chi connectivity index (χ0n) is 15.7. The first-order valence-electron chi connectivity index (χ1n) is 8.14. The van der Waals surface area contributed by atoms with Gasteiger partial charge in [0.2, 0.25) is 0 Å². The quantitative estimate of drug-likeness (QED) is 0.358. The van der Waals surface area contributed by atoms with Gasteiger partial charge in [-0.1, -0.05) is 0 Å². The molecule has 0 heterocycles. The molecule has 0 aliphatic heterocycles. The third-order valence-electron chi connectivity index (χ3n) is 2.83. The van der Waals surface area contributed by atoms with E-state index in [0.29, 0.717) is 6.54 Å². The van der Waals surface area contributed by atoms with E-state index < -0.39 is 5.60 Å². The molecule has 0 aromatic rings. The maximum absolute atomic E-state index is 11.5. The molecule has 1 amide bonds. The molecule has 0 spiro atoms. The molecule has 3 N–H and O–H groups in total. The molecule has 23 heavy (non-hydrogen) atoms. The van der Waals surface area contributed by atoms with Crippen molar-refractivity contribution in [2.45, 2.75) is 58.3 Å². The normalized spacial score (nSPS) is 12.7. The summed E-state index contributed by atoms with van der Waals surface area (Å²) in [6, 6.07) is 0. The Bertz CT molecular complexity index is 379. The molecule has 7 heteroatoms. The topological polar surface area (TPSA) is 74.8 Å². The molecule has 6 nitrogen and oxygen atoms in total. The maximum Gasteiger partial charge on any atom is 0.407 e. The van der Waals surface area contributed by atoms with Gasteiger partial charge in [-0.2, -0.15) is 11.8 Å². The fourth-order valence-corrected chi connectivity index (χ4v) is 1.67. The minimum Gasteiger partial charge on any atom is -0.444 e. The minimum atomic E-state index is -0.461. The van der Waals surface area contributed by atoms with Crippen molar-refractivity contribution >= 4 is 23.8 Å². The number of nitrogens with one attached hydrogen (secondary N) is 3. The molecule has 0 aliphatic carbocycles. The van der Waals surface area contributed by atoms with Crippen molar-refractivity contribution in [2.75, 3.05) is 32.4 Å². The highest BCUT2D eigenvalue weighted by Crippen LogP contribution is 2.20. The molecule has 0 radical (unpaired) electrons. The zero-order chi connectivity index (χ0) is 17.9. The molecule has 0 aromatic carbocycles. The lowest BCUT2D eigenvalue weighted by molar-refractivity contribution is 0.0527. The molecule has 0 saturated heterocycles. The van der Waals surface area contributed by atoms with E-state index in [1.54, 1.807) is 11.8 Å². The van der Waals surface area contributed by atoms with Crippen molar-refractivity contribution in [2.24, 2.45) is 4.99 Å². The van der Waals surface area contributed by atoms with Crippen LogP contribution < -0.4 is 16.0 Å². The van der Waals surface area contributed by atoms with Crippen molar-refractivity contribution in [1.29, 1.82) is 0 Å². The molecule has 136 valence electrons. The number of carbonyl (C=O) groups is 1. The first-order valence-corrected chi connectivity index (χ1v) is 9.36. The average Bonchev–Trinajstić information content (AvgIpc) is 2.42. The minimum absolute atomic E-state index is 0.126. The van der Waals surface area contributed by atoms with Crippen LogP contribution in [0.2, 0.25) is 0 Å². The van der Waals surface area contributed by atoms with Gasteiger partial charge in [0.05, 0.1) is 6.54 Å². The van der Waals surface area contributed by atoms with Gasteiger partial charge in [-0.05, 0) is 54.2 Å². The molecule has 0 fully saturated rings. The standard InChI is InChI=1S/C16H34N4O2S/c1-8-17-13(20-12-16(5,6)23-7)18-10-9-11-19-14(21)22-15(2,3)4/h8-12H2,1-7H3,(H,19,21)(H2,17,18,20). The number of aliphatic imine (C=N–C) groups is 1. The zero-order valence-corrected chi connectivity index (χ0v) is 16.5. The van der Waals surface area contributed by atoms with Crippen LogP contribution in [0.5, 0.6) is 0 Å². The van der Waals surface area contributed by atoms with Gasteiger partial charge in [0.15, 0.2) is 5.96 Å². The van der Waals surface area contributed by atoms with E-state index in [2.05, 4.69) is 41.0 Å². The molecule has 0 aliphatic rings. The van der Waals surface area contributed by atoms with E-state index in [0.717, 1.165) is 32.0 Å². The third kappa shape index (κ3) is 13.1. The van der Waals surface area contributed by atoms with Crippen LogP contribution in [-0.2, 0) is 4.74 Å². The smallest absolute Gasteiger partial charge is 0.407 e. The third-order valence-corrected chi connectivity index (χ3v) is 4.06. The summed E-state index contributed by atoms with van der Waals surface area (Å²) in [5.74, 6) is 0.812. The molecule has 0 atom stereocenters. The lowest BCUT2D eigenvalue weighted by Gasteiger charge is -2.20. The van der Waals surface area contributed by atoms with Crippen LogP contribution in [0, 0.1) is 0 Å². The fourth-order valence-electron chi connectivity index (χ4n) is 1.48. The highest BCUT2D eigenvalue weighted by atomic mass is 32.2. The lowest BCUT2D eigenvalue weighted by atomic mass is 10.2. The first kappa shape index (κ1) is 21.9. The van der Waals surface area contributed by atoms with E-state index >= 15 is 0 Å². The summed E-state index contributed by atoms with van der Waals surface area (Å²) in [5, 5.41) is 9.25. The van der Waals surface area contributed by atoms with E-state index in [1.165, 1.54) is 0 Å². The average molecular weight is 347 g/mol. The number of nitrogens with zero attached hydrogens (tertiary/aromatic N) is 1. The Hall–Kier alpha value is -1.11. The van der Waals surface area contributed by atoms with Crippen LogP contribution in [0.15, 0.2) is 4.99 Å².